The highest BCUT2D eigenvalue weighted by Crippen LogP contribution is 2.20. The highest BCUT2D eigenvalue weighted by atomic mass is 16.3. The molecule has 1 unspecified atom stereocenters. The number of rotatable bonds is 0. The highest BCUT2D eigenvalue weighted by Gasteiger charge is 2.20. The van der Waals surface area contributed by atoms with E-state index in [9.17, 15) is 5.11 Å². The van der Waals surface area contributed by atoms with E-state index in [1.165, 1.54) is 0 Å². The van der Waals surface area contributed by atoms with Gasteiger partial charge in [0.1, 0.15) is 12.2 Å². The first-order chi connectivity index (χ1) is 5.77. The minimum atomic E-state index is -0.987. The number of allylic oxidation sites excluding steroid dienone is 1. The molecular weight excluding hydrogens is 152 g/mol. The van der Waals surface area contributed by atoms with Gasteiger partial charge in [0.25, 0.3) is 0 Å². The van der Waals surface area contributed by atoms with Crippen LogP contribution in [0.1, 0.15) is 25.7 Å². The largest absolute Gasteiger partial charge is 0.384 e. The van der Waals surface area contributed by atoms with Crippen molar-refractivity contribution in [2.75, 3.05) is 6.61 Å². The second kappa shape index (κ2) is 4.30. The van der Waals surface area contributed by atoms with Gasteiger partial charge >= 0.3 is 0 Å². The van der Waals surface area contributed by atoms with Crippen molar-refractivity contribution in [1.29, 1.82) is 0 Å². The first-order valence-corrected chi connectivity index (χ1v) is 4.28. The normalized spacial score (nSPS) is 28.8. The van der Waals surface area contributed by atoms with Gasteiger partial charge in [-0.1, -0.05) is 17.9 Å². The van der Waals surface area contributed by atoms with Crippen LogP contribution in [0.3, 0.4) is 0 Å². The van der Waals surface area contributed by atoms with Crippen LogP contribution in [0.4, 0.5) is 0 Å². The second-order valence-corrected chi connectivity index (χ2v) is 3.03. The van der Waals surface area contributed by atoms with Crippen LogP contribution >= 0.6 is 0 Å². The molecule has 1 aliphatic carbocycles. The Kier molecular flexibility index (Phi) is 3.33. The highest BCUT2D eigenvalue weighted by molar-refractivity contribution is 5.23. The fourth-order valence-corrected chi connectivity index (χ4v) is 1.32. The molecule has 0 amide bonds. The Hall–Kier alpha value is -0.780. The average Bonchev–Trinajstić information content (AvgIpc) is 2.27. The van der Waals surface area contributed by atoms with Crippen LogP contribution in [0, 0.1) is 11.8 Å². The lowest BCUT2D eigenvalue weighted by Gasteiger charge is -2.15. The second-order valence-electron chi connectivity index (χ2n) is 3.03. The molecule has 1 aliphatic rings. The van der Waals surface area contributed by atoms with Gasteiger partial charge < -0.3 is 10.2 Å². The van der Waals surface area contributed by atoms with Gasteiger partial charge in [0, 0.05) is 0 Å². The molecule has 0 heterocycles. The third kappa shape index (κ3) is 2.69. The summed E-state index contributed by atoms with van der Waals surface area (Å²) in [5.74, 6) is 5.15. The zero-order valence-corrected chi connectivity index (χ0v) is 7.08. The molecule has 1 atom stereocenters. The lowest BCUT2D eigenvalue weighted by Crippen LogP contribution is -2.22. The van der Waals surface area contributed by atoms with Crippen LogP contribution in [-0.4, -0.2) is 22.4 Å². The van der Waals surface area contributed by atoms with Gasteiger partial charge in [-0.2, -0.15) is 0 Å². The molecule has 0 saturated carbocycles. The monoisotopic (exact) mass is 166 g/mol. The Morgan fingerprint density at radius 2 is 2.25 bits per heavy atom. The van der Waals surface area contributed by atoms with Crippen LogP contribution in [-0.2, 0) is 0 Å². The van der Waals surface area contributed by atoms with Crippen molar-refractivity contribution in [2.45, 2.75) is 31.3 Å². The Morgan fingerprint density at radius 1 is 1.42 bits per heavy atom. The van der Waals surface area contributed by atoms with Gasteiger partial charge in [-0.15, -0.1) is 0 Å². The van der Waals surface area contributed by atoms with Crippen molar-refractivity contribution in [2.24, 2.45) is 0 Å². The fourth-order valence-electron chi connectivity index (χ4n) is 1.32. The maximum atomic E-state index is 9.81. The summed E-state index contributed by atoms with van der Waals surface area (Å²) < 4.78 is 0. The first kappa shape index (κ1) is 9.31. The summed E-state index contributed by atoms with van der Waals surface area (Å²) in [6.45, 7) is -0.184. The molecule has 0 aromatic rings. The number of hydrogen-bond donors (Lipinski definition) is 2. The van der Waals surface area contributed by atoms with E-state index in [4.69, 9.17) is 5.11 Å². The molecule has 0 fully saturated rings. The fraction of sp³-hybridized carbons (Fsp3) is 0.600. The molecule has 2 nitrogen and oxygen atoms in total. The first-order valence-electron chi connectivity index (χ1n) is 4.28. The molecule has 2 N–H and O–H groups in total. The van der Waals surface area contributed by atoms with Crippen LogP contribution in [0.25, 0.3) is 0 Å². The van der Waals surface area contributed by atoms with Gasteiger partial charge in [-0.05, 0) is 31.8 Å². The Morgan fingerprint density at radius 3 is 3.00 bits per heavy atom. The molecule has 66 valence electrons. The van der Waals surface area contributed by atoms with Crippen LogP contribution < -0.4 is 0 Å². The average molecular weight is 166 g/mol. The van der Waals surface area contributed by atoms with Gasteiger partial charge in [-0.25, -0.2) is 0 Å². The number of aliphatic hydroxyl groups excluding tert-OH is 1. The molecule has 0 aromatic heterocycles. The van der Waals surface area contributed by atoms with Crippen molar-refractivity contribution in [3.63, 3.8) is 0 Å². The Bertz CT molecular complexity index is 222. The van der Waals surface area contributed by atoms with E-state index in [-0.39, 0.29) is 6.61 Å². The van der Waals surface area contributed by atoms with Crippen molar-refractivity contribution in [3.05, 3.63) is 12.2 Å². The summed E-state index contributed by atoms with van der Waals surface area (Å²) in [5.41, 5.74) is -0.987. The Balaban J connectivity index is 2.66. The maximum Gasteiger partial charge on any atom is 0.144 e. The van der Waals surface area contributed by atoms with E-state index >= 15 is 0 Å². The van der Waals surface area contributed by atoms with Crippen LogP contribution in [0.5, 0.6) is 0 Å². The molecule has 0 aromatic carbocycles. The third-order valence-electron chi connectivity index (χ3n) is 1.96. The van der Waals surface area contributed by atoms with E-state index in [1.54, 1.807) is 6.08 Å². The van der Waals surface area contributed by atoms with Crippen molar-refractivity contribution in [3.8, 4) is 11.8 Å². The van der Waals surface area contributed by atoms with Crippen molar-refractivity contribution in [1.82, 2.24) is 0 Å². The standard InChI is InChI=1S/C10H14O2/c11-9-5-8-10(12)6-3-1-2-4-7-10/h3,6,11-12H,1-2,4,7,9H2. The van der Waals surface area contributed by atoms with E-state index < -0.39 is 5.60 Å². The molecule has 12 heavy (non-hydrogen) atoms. The third-order valence-corrected chi connectivity index (χ3v) is 1.96. The summed E-state index contributed by atoms with van der Waals surface area (Å²) in [4.78, 5) is 0. The molecule has 0 aliphatic heterocycles. The van der Waals surface area contributed by atoms with Crippen molar-refractivity contribution < 1.29 is 10.2 Å². The summed E-state index contributed by atoms with van der Waals surface area (Å²) in [6.07, 6.45) is 7.49. The quantitative estimate of drug-likeness (QED) is 0.413. The van der Waals surface area contributed by atoms with Gasteiger partial charge in [0.15, 0.2) is 0 Å². The van der Waals surface area contributed by atoms with E-state index in [2.05, 4.69) is 11.8 Å². The summed E-state index contributed by atoms with van der Waals surface area (Å²) in [6, 6.07) is 0. The number of hydrogen-bond acceptors (Lipinski definition) is 2. The SMILES string of the molecule is OCC#CC1(O)C=CCCCC1. The lowest BCUT2D eigenvalue weighted by molar-refractivity contribution is 0.141. The summed E-state index contributed by atoms with van der Waals surface area (Å²) in [7, 11) is 0. The molecule has 0 saturated heterocycles. The van der Waals surface area contributed by atoms with Crippen molar-refractivity contribution >= 4 is 0 Å². The zero-order chi connectivity index (χ0) is 8.86. The molecule has 0 radical (unpaired) electrons. The molecule has 0 bridgehead atoms. The van der Waals surface area contributed by atoms with Gasteiger partial charge in [-0.3, -0.25) is 0 Å². The van der Waals surface area contributed by atoms with E-state index in [0.29, 0.717) is 6.42 Å². The van der Waals surface area contributed by atoms with Gasteiger partial charge in [0.05, 0.1) is 0 Å². The van der Waals surface area contributed by atoms with E-state index in [0.717, 1.165) is 19.3 Å². The van der Waals surface area contributed by atoms with Crippen LogP contribution in [0.15, 0.2) is 12.2 Å². The maximum absolute atomic E-state index is 9.81. The molecule has 0 spiro atoms. The summed E-state index contributed by atoms with van der Waals surface area (Å²) >= 11 is 0. The topological polar surface area (TPSA) is 40.5 Å². The van der Waals surface area contributed by atoms with E-state index in [1.807, 2.05) is 6.08 Å². The minimum absolute atomic E-state index is 0.184. The Labute approximate surface area is 72.9 Å². The lowest BCUT2D eigenvalue weighted by atomic mass is 9.99. The predicted octanol–water partition coefficient (Wildman–Crippen LogP) is 0.843. The molecule has 1 rings (SSSR count). The smallest absolute Gasteiger partial charge is 0.144 e. The molecule has 2 heteroatoms. The van der Waals surface area contributed by atoms with Gasteiger partial charge in [0.2, 0.25) is 0 Å². The predicted molar refractivity (Wildman–Crippen MR) is 47.4 cm³/mol. The summed E-state index contributed by atoms with van der Waals surface area (Å²) in [5, 5.41) is 18.3. The van der Waals surface area contributed by atoms with Crippen LogP contribution in [0.2, 0.25) is 0 Å². The number of aliphatic hydroxyl groups is 2. The zero-order valence-electron chi connectivity index (χ0n) is 7.08. The minimum Gasteiger partial charge on any atom is -0.384 e. The molecular formula is C10H14O2.